The lowest BCUT2D eigenvalue weighted by Crippen LogP contribution is -2.28. The molecular formula is C27H35NO4. The van der Waals surface area contributed by atoms with Gasteiger partial charge in [0.15, 0.2) is 0 Å². The molecule has 5 nitrogen and oxygen atoms in total. The zero-order valence-electron chi connectivity index (χ0n) is 19.6. The van der Waals surface area contributed by atoms with Crippen molar-refractivity contribution in [3.8, 4) is 11.1 Å². The van der Waals surface area contributed by atoms with Gasteiger partial charge in [-0.15, -0.1) is 0 Å². The van der Waals surface area contributed by atoms with Crippen LogP contribution in [0.5, 0.6) is 0 Å². The Labute approximate surface area is 191 Å². The van der Waals surface area contributed by atoms with Crippen molar-refractivity contribution in [2.45, 2.75) is 70.9 Å². The van der Waals surface area contributed by atoms with Crippen molar-refractivity contribution in [3.05, 3.63) is 59.7 Å². The fourth-order valence-corrected chi connectivity index (χ4v) is 4.20. The van der Waals surface area contributed by atoms with E-state index in [1.807, 2.05) is 52.0 Å². The highest BCUT2D eigenvalue weighted by molar-refractivity contribution is 5.79. The number of carbonyl (C=O) groups is 2. The van der Waals surface area contributed by atoms with Crippen LogP contribution in [0.15, 0.2) is 48.5 Å². The molecule has 3 rings (SSSR count). The molecule has 0 amide bonds. The number of carbonyl (C=O) groups excluding carboxylic acids is 2. The quantitative estimate of drug-likeness (QED) is 0.545. The molecule has 2 N–H and O–H groups in total. The summed E-state index contributed by atoms with van der Waals surface area (Å²) in [5.74, 6) is -0.602. The Balaban J connectivity index is 1.44. The van der Waals surface area contributed by atoms with Crippen LogP contribution < -0.4 is 5.73 Å². The Kier molecular flexibility index (Phi) is 7.73. The SMILES string of the molecule is CC(CCC[C@H](N)CC(=O)OCC1c2ccccc2-c2ccccc21)C(=O)OC(C)(C)C. The zero-order valence-corrected chi connectivity index (χ0v) is 19.6. The summed E-state index contributed by atoms with van der Waals surface area (Å²) in [7, 11) is 0. The number of ether oxygens (including phenoxy) is 2. The molecule has 0 spiro atoms. The molecule has 1 aliphatic carbocycles. The van der Waals surface area contributed by atoms with Gasteiger partial charge in [-0.05, 0) is 55.9 Å². The lowest BCUT2D eigenvalue weighted by atomic mass is 9.98. The molecule has 1 aliphatic rings. The van der Waals surface area contributed by atoms with Gasteiger partial charge in [-0.2, -0.15) is 0 Å². The van der Waals surface area contributed by atoms with E-state index in [0.29, 0.717) is 19.4 Å². The molecule has 2 aromatic carbocycles. The van der Waals surface area contributed by atoms with Crippen LogP contribution in [0.4, 0.5) is 0 Å². The van der Waals surface area contributed by atoms with Gasteiger partial charge in [0.2, 0.25) is 0 Å². The first-order valence-corrected chi connectivity index (χ1v) is 11.5. The Morgan fingerprint density at radius 1 is 0.969 bits per heavy atom. The number of nitrogens with two attached hydrogens (primary N) is 1. The predicted octanol–water partition coefficient (Wildman–Crippen LogP) is 5.21. The smallest absolute Gasteiger partial charge is 0.309 e. The van der Waals surface area contributed by atoms with Crippen molar-refractivity contribution >= 4 is 11.9 Å². The summed E-state index contributed by atoms with van der Waals surface area (Å²) in [5, 5.41) is 0. The predicted molar refractivity (Wildman–Crippen MR) is 126 cm³/mol. The number of rotatable bonds is 9. The van der Waals surface area contributed by atoms with E-state index >= 15 is 0 Å². The number of hydrogen-bond acceptors (Lipinski definition) is 5. The summed E-state index contributed by atoms with van der Waals surface area (Å²) in [6.07, 6.45) is 2.29. The highest BCUT2D eigenvalue weighted by Crippen LogP contribution is 2.44. The number of fused-ring (bicyclic) bond motifs is 3. The van der Waals surface area contributed by atoms with Gasteiger partial charge in [-0.3, -0.25) is 9.59 Å². The van der Waals surface area contributed by atoms with Crippen molar-refractivity contribution in [3.63, 3.8) is 0 Å². The van der Waals surface area contributed by atoms with Crippen molar-refractivity contribution < 1.29 is 19.1 Å². The van der Waals surface area contributed by atoms with E-state index < -0.39 is 5.60 Å². The molecule has 0 heterocycles. The number of hydrogen-bond donors (Lipinski definition) is 1. The van der Waals surface area contributed by atoms with Gasteiger partial charge in [0.05, 0.1) is 12.3 Å². The van der Waals surface area contributed by atoms with Crippen LogP contribution in [0.3, 0.4) is 0 Å². The minimum absolute atomic E-state index is 0.0530. The standard InChI is InChI=1S/C27H35NO4/c1-18(26(30)32-27(2,3)4)10-9-11-19(28)16-25(29)31-17-24-22-14-7-5-12-20(22)21-13-6-8-15-23(21)24/h5-8,12-15,18-19,24H,9-11,16-17,28H2,1-4H3/t18?,19-/m0/s1. The van der Waals surface area contributed by atoms with E-state index in [9.17, 15) is 9.59 Å². The summed E-state index contributed by atoms with van der Waals surface area (Å²) < 4.78 is 11.0. The molecule has 0 bridgehead atoms. The zero-order chi connectivity index (χ0) is 23.3. The second-order valence-electron chi connectivity index (χ2n) is 9.74. The summed E-state index contributed by atoms with van der Waals surface area (Å²) in [5.41, 5.74) is 10.5. The molecule has 0 aliphatic heterocycles. The lowest BCUT2D eigenvalue weighted by Gasteiger charge is -2.22. The Bertz CT molecular complexity index is 901. The second-order valence-corrected chi connectivity index (χ2v) is 9.74. The molecule has 0 fully saturated rings. The van der Waals surface area contributed by atoms with Crippen LogP contribution in [0.2, 0.25) is 0 Å². The van der Waals surface area contributed by atoms with Crippen molar-refractivity contribution in [2.24, 2.45) is 11.7 Å². The first-order valence-electron chi connectivity index (χ1n) is 11.5. The monoisotopic (exact) mass is 437 g/mol. The fraction of sp³-hybridized carbons (Fsp3) is 0.481. The van der Waals surface area contributed by atoms with Crippen LogP contribution in [-0.2, 0) is 19.1 Å². The van der Waals surface area contributed by atoms with E-state index in [2.05, 4.69) is 24.3 Å². The van der Waals surface area contributed by atoms with Crippen LogP contribution in [-0.4, -0.2) is 30.2 Å². The molecule has 0 saturated carbocycles. The summed E-state index contributed by atoms with van der Waals surface area (Å²) in [6.45, 7) is 7.77. The molecule has 5 heteroatoms. The Morgan fingerprint density at radius 3 is 2.09 bits per heavy atom. The van der Waals surface area contributed by atoms with E-state index in [1.165, 1.54) is 22.3 Å². The van der Waals surface area contributed by atoms with Crippen molar-refractivity contribution in [2.75, 3.05) is 6.61 Å². The fourth-order valence-electron chi connectivity index (χ4n) is 4.20. The molecule has 0 saturated heterocycles. The van der Waals surface area contributed by atoms with Crippen LogP contribution in [0, 0.1) is 5.92 Å². The largest absolute Gasteiger partial charge is 0.465 e. The number of benzene rings is 2. The van der Waals surface area contributed by atoms with E-state index in [1.54, 1.807) is 0 Å². The van der Waals surface area contributed by atoms with E-state index in [-0.39, 0.29) is 36.2 Å². The van der Waals surface area contributed by atoms with Crippen molar-refractivity contribution in [1.29, 1.82) is 0 Å². The minimum atomic E-state index is -0.480. The number of esters is 2. The maximum absolute atomic E-state index is 12.4. The third-order valence-corrected chi connectivity index (χ3v) is 5.82. The third kappa shape index (κ3) is 6.19. The first-order chi connectivity index (χ1) is 15.2. The lowest BCUT2D eigenvalue weighted by molar-refractivity contribution is -0.159. The molecule has 0 radical (unpaired) electrons. The van der Waals surface area contributed by atoms with Gasteiger partial charge in [-0.1, -0.05) is 61.9 Å². The van der Waals surface area contributed by atoms with Gasteiger partial charge < -0.3 is 15.2 Å². The van der Waals surface area contributed by atoms with Gasteiger partial charge in [0.1, 0.15) is 12.2 Å². The van der Waals surface area contributed by atoms with Crippen molar-refractivity contribution in [1.82, 2.24) is 0 Å². The first kappa shape index (κ1) is 24.0. The summed E-state index contributed by atoms with van der Waals surface area (Å²) in [6, 6.07) is 16.3. The van der Waals surface area contributed by atoms with Crippen LogP contribution in [0.25, 0.3) is 11.1 Å². The van der Waals surface area contributed by atoms with E-state index in [4.69, 9.17) is 15.2 Å². The molecule has 1 unspecified atom stereocenters. The highest BCUT2D eigenvalue weighted by Gasteiger charge is 2.29. The van der Waals surface area contributed by atoms with Crippen LogP contribution >= 0.6 is 0 Å². The van der Waals surface area contributed by atoms with Gasteiger partial charge >= 0.3 is 11.9 Å². The topological polar surface area (TPSA) is 78.6 Å². The van der Waals surface area contributed by atoms with Gasteiger partial charge in [-0.25, -0.2) is 0 Å². The van der Waals surface area contributed by atoms with E-state index in [0.717, 1.165) is 6.42 Å². The Morgan fingerprint density at radius 2 is 1.53 bits per heavy atom. The molecule has 0 aromatic heterocycles. The second kappa shape index (κ2) is 10.3. The maximum Gasteiger partial charge on any atom is 0.309 e. The average Bonchev–Trinajstić information content (AvgIpc) is 3.05. The molecule has 2 atom stereocenters. The normalized spacial score (nSPS) is 14.9. The third-order valence-electron chi connectivity index (χ3n) is 5.82. The minimum Gasteiger partial charge on any atom is -0.465 e. The molecule has 2 aromatic rings. The molecular weight excluding hydrogens is 402 g/mol. The average molecular weight is 438 g/mol. The van der Waals surface area contributed by atoms with Gasteiger partial charge in [0.25, 0.3) is 0 Å². The molecule has 172 valence electrons. The van der Waals surface area contributed by atoms with Gasteiger partial charge in [0, 0.05) is 12.0 Å². The molecule has 32 heavy (non-hydrogen) atoms. The van der Waals surface area contributed by atoms with Crippen LogP contribution in [0.1, 0.15) is 70.4 Å². The summed E-state index contributed by atoms with van der Waals surface area (Å²) >= 11 is 0. The maximum atomic E-state index is 12.4. The Hall–Kier alpha value is -2.66. The highest BCUT2D eigenvalue weighted by atomic mass is 16.6. The summed E-state index contributed by atoms with van der Waals surface area (Å²) in [4.78, 5) is 24.5.